The zero-order chi connectivity index (χ0) is 11.8. The maximum atomic E-state index is 4.14. The molecule has 0 bridgehead atoms. The fourth-order valence-electron chi connectivity index (χ4n) is 1.58. The van der Waals surface area contributed by atoms with Crippen LogP contribution in [0.1, 0.15) is 45.7 Å². The predicted molar refractivity (Wildman–Crippen MR) is 66.1 cm³/mol. The van der Waals surface area contributed by atoms with E-state index >= 15 is 0 Å². The van der Waals surface area contributed by atoms with E-state index < -0.39 is 0 Å². The number of aryl methyl sites for hydroxylation is 1. The molecule has 1 aromatic rings. The first kappa shape index (κ1) is 13.2. The molecule has 4 heteroatoms. The van der Waals surface area contributed by atoms with Gasteiger partial charge in [0.15, 0.2) is 0 Å². The Balaban J connectivity index is 2.22. The van der Waals surface area contributed by atoms with Crippen LogP contribution in [0, 0.1) is 5.92 Å². The van der Waals surface area contributed by atoms with Gasteiger partial charge in [0, 0.05) is 19.3 Å². The lowest BCUT2D eigenvalue weighted by atomic mass is 10.1. The van der Waals surface area contributed by atoms with Crippen molar-refractivity contribution in [3.63, 3.8) is 0 Å². The number of hydrogen-bond donors (Lipinski definition) is 1. The number of aromatic nitrogens is 3. The summed E-state index contributed by atoms with van der Waals surface area (Å²) in [5.74, 6) is 0.772. The third-order valence-corrected chi connectivity index (χ3v) is 2.49. The quantitative estimate of drug-likeness (QED) is 0.688. The van der Waals surface area contributed by atoms with Crippen LogP contribution in [0.25, 0.3) is 0 Å². The highest BCUT2D eigenvalue weighted by molar-refractivity contribution is 4.91. The lowest BCUT2D eigenvalue weighted by Gasteiger charge is -2.03. The van der Waals surface area contributed by atoms with Crippen LogP contribution in [-0.4, -0.2) is 21.5 Å². The molecule has 0 saturated carbocycles. The van der Waals surface area contributed by atoms with E-state index in [1.165, 1.54) is 12.8 Å². The molecule has 0 amide bonds. The average Bonchev–Trinajstić information content (AvgIpc) is 2.66. The molecule has 0 radical (unpaired) electrons. The first-order valence-corrected chi connectivity index (χ1v) is 6.32. The van der Waals surface area contributed by atoms with Crippen LogP contribution in [0.15, 0.2) is 6.20 Å². The van der Waals surface area contributed by atoms with Crippen molar-refractivity contribution in [2.75, 3.05) is 6.54 Å². The SMILES string of the molecule is CCCNCc1cn(CCCC(C)C)nn1. The van der Waals surface area contributed by atoms with Gasteiger partial charge in [-0.2, -0.15) is 0 Å². The minimum Gasteiger partial charge on any atom is -0.311 e. The molecule has 0 spiro atoms. The summed E-state index contributed by atoms with van der Waals surface area (Å²) in [5, 5.41) is 11.6. The number of hydrogen-bond acceptors (Lipinski definition) is 3. The zero-order valence-electron chi connectivity index (χ0n) is 10.7. The molecule has 16 heavy (non-hydrogen) atoms. The van der Waals surface area contributed by atoms with Gasteiger partial charge in [-0.1, -0.05) is 26.0 Å². The highest BCUT2D eigenvalue weighted by Crippen LogP contribution is 2.04. The van der Waals surface area contributed by atoms with E-state index in [4.69, 9.17) is 0 Å². The molecule has 0 unspecified atom stereocenters. The summed E-state index contributed by atoms with van der Waals surface area (Å²) in [6.45, 7) is 9.52. The van der Waals surface area contributed by atoms with Gasteiger partial charge in [0.05, 0.1) is 5.69 Å². The van der Waals surface area contributed by atoms with E-state index in [1.807, 2.05) is 10.9 Å². The Morgan fingerprint density at radius 3 is 2.94 bits per heavy atom. The molecule has 0 aromatic carbocycles. The molecule has 1 N–H and O–H groups in total. The molecule has 0 atom stereocenters. The molecule has 4 nitrogen and oxygen atoms in total. The fraction of sp³-hybridized carbons (Fsp3) is 0.833. The Morgan fingerprint density at radius 2 is 2.25 bits per heavy atom. The Hall–Kier alpha value is -0.900. The van der Waals surface area contributed by atoms with Gasteiger partial charge in [0.1, 0.15) is 0 Å². The summed E-state index contributed by atoms with van der Waals surface area (Å²) in [5.41, 5.74) is 1.04. The Morgan fingerprint density at radius 1 is 1.44 bits per heavy atom. The summed E-state index contributed by atoms with van der Waals surface area (Å²) in [6.07, 6.45) is 5.64. The maximum absolute atomic E-state index is 4.14. The van der Waals surface area contributed by atoms with Crippen LogP contribution >= 0.6 is 0 Å². The van der Waals surface area contributed by atoms with Gasteiger partial charge in [-0.3, -0.25) is 4.68 Å². The van der Waals surface area contributed by atoms with Gasteiger partial charge >= 0.3 is 0 Å². The van der Waals surface area contributed by atoms with Crippen LogP contribution in [0.4, 0.5) is 0 Å². The molecule has 1 heterocycles. The van der Waals surface area contributed by atoms with E-state index in [2.05, 4.69) is 36.4 Å². The first-order valence-electron chi connectivity index (χ1n) is 6.32. The van der Waals surface area contributed by atoms with Crippen molar-refractivity contribution >= 4 is 0 Å². The second-order valence-corrected chi connectivity index (χ2v) is 4.69. The van der Waals surface area contributed by atoms with Crippen LogP contribution < -0.4 is 5.32 Å². The van der Waals surface area contributed by atoms with Crippen molar-refractivity contribution in [3.05, 3.63) is 11.9 Å². The smallest absolute Gasteiger partial charge is 0.0964 e. The van der Waals surface area contributed by atoms with Crippen molar-refractivity contribution in [1.29, 1.82) is 0 Å². The lowest BCUT2D eigenvalue weighted by molar-refractivity contribution is 0.482. The minimum absolute atomic E-state index is 0.772. The third-order valence-electron chi connectivity index (χ3n) is 2.49. The monoisotopic (exact) mass is 224 g/mol. The standard InChI is InChI=1S/C12H24N4/c1-4-7-13-9-12-10-16(15-14-12)8-5-6-11(2)3/h10-11,13H,4-9H2,1-3H3. The second kappa shape index (κ2) is 7.39. The van der Waals surface area contributed by atoms with E-state index in [0.29, 0.717) is 0 Å². The van der Waals surface area contributed by atoms with Crippen LogP contribution in [0.3, 0.4) is 0 Å². The highest BCUT2D eigenvalue weighted by atomic mass is 15.4. The van der Waals surface area contributed by atoms with Gasteiger partial charge in [-0.05, 0) is 31.7 Å². The normalized spacial score (nSPS) is 11.2. The molecular weight excluding hydrogens is 200 g/mol. The van der Waals surface area contributed by atoms with Crippen molar-refractivity contribution in [2.45, 2.75) is 53.1 Å². The molecule has 0 aliphatic carbocycles. The van der Waals surface area contributed by atoms with E-state index in [0.717, 1.165) is 37.7 Å². The Labute approximate surface area is 98.4 Å². The van der Waals surface area contributed by atoms with Crippen LogP contribution in [-0.2, 0) is 13.1 Å². The van der Waals surface area contributed by atoms with E-state index in [-0.39, 0.29) is 0 Å². The van der Waals surface area contributed by atoms with Crippen molar-refractivity contribution < 1.29 is 0 Å². The zero-order valence-corrected chi connectivity index (χ0v) is 10.7. The van der Waals surface area contributed by atoms with Crippen LogP contribution in [0.5, 0.6) is 0 Å². The summed E-state index contributed by atoms with van der Waals surface area (Å²) in [6, 6.07) is 0. The largest absolute Gasteiger partial charge is 0.311 e. The third kappa shape index (κ3) is 5.26. The number of rotatable bonds is 8. The molecule has 0 saturated heterocycles. The average molecular weight is 224 g/mol. The van der Waals surface area contributed by atoms with Gasteiger partial charge in [0.25, 0.3) is 0 Å². The van der Waals surface area contributed by atoms with Crippen LogP contribution in [0.2, 0.25) is 0 Å². The lowest BCUT2D eigenvalue weighted by Crippen LogP contribution is -2.13. The Bertz CT molecular complexity index is 280. The minimum atomic E-state index is 0.772. The number of nitrogens with one attached hydrogen (secondary N) is 1. The molecule has 0 fully saturated rings. The fourth-order valence-corrected chi connectivity index (χ4v) is 1.58. The van der Waals surface area contributed by atoms with Gasteiger partial charge in [-0.25, -0.2) is 0 Å². The molecule has 92 valence electrons. The van der Waals surface area contributed by atoms with Gasteiger partial charge < -0.3 is 5.32 Å². The summed E-state index contributed by atoms with van der Waals surface area (Å²) < 4.78 is 1.95. The molecule has 0 aliphatic rings. The molecular formula is C12H24N4. The highest BCUT2D eigenvalue weighted by Gasteiger charge is 2.00. The first-order chi connectivity index (χ1) is 7.72. The maximum Gasteiger partial charge on any atom is 0.0964 e. The van der Waals surface area contributed by atoms with Gasteiger partial charge in [-0.15, -0.1) is 5.10 Å². The molecule has 1 aromatic heterocycles. The van der Waals surface area contributed by atoms with Crippen molar-refractivity contribution in [2.24, 2.45) is 5.92 Å². The second-order valence-electron chi connectivity index (χ2n) is 4.69. The van der Waals surface area contributed by atoms with Crippen molar-refractivity contribution in [1.82, 2.24) is 20.3 Å². The summed E-state index contributed by atoms with van der Waals surface area (Å²) in [4.78, 5) is 0. The Kier molecular flexibility index (Phi) is 6.08. The van der Waals surface area contributed by atoms with E-state index in [1.54, 1.807) is 0 Å². The summed E-state index contributed by atoms with van der Waals surface area (Å²) in [7, 11) is 0. The van der Waals surface area contributed by atoms with E-state index in [9.17, 15) is 0 Å². The number of nitrogens with zero attached hydrogens (tertiary/aromatic N) is 3. The predicted octanol–water partition coefficient (Wildman–Crippen LogP) is 2.21. The van der Waals surface area contributed by atoms with Gasteiger partial charge in [0.2, 0.25) is 0 Å². The molecule has 1 rings (SSSR count). The van der Waals surface area contributed by atoms with Crippen molar-refractivity contribution in [3.8, 4) is 0 Å². The topological polar surface area (TPSA) is 42.7 Å². The molecule has 0 aliphatic heterocycles. The summed E-state index contributed by atoms with van der Waals surface area (Å²) >= 11 is 0.